The van der Waals surface area contributed by atoms with Crippen molar-refractivity contribution in [3.05, 3.63) is 63.6 Å². The number of rotatable bonds is 5. The summed E-state index contributed by atoms with van der Waals surface area (Å²) in [6.45, 7) is 3.98. The van der Waals surface area contributed by atoms with Gasteiger partial charge in [-0.05, 0) is 66.7 Å². The van der Waals surface area contributed by atoms with Gasteiger partial charge in [-0.2, -0.15) is 0 Å². The lowest BCUT2D eigenvalue weighted by molar-refractivity contribution is -0.137. The van der Waals surface area contributed by atoms with E-state index < -0.39 is 11.8 Å². The second-order valence-corrected chi connectivity index (χ2v) is 9.04. The van der Waals surface area contributed by atoms with E-state index in [1.165, 1.54) is 11.0 Å². The molecule has 0 aliphatic carbocycles. The zero-order chi connectivity index (χ0) is 24.2. The second kappa shape index (κ2) is 10.5. The molecule has 1 N–H and O–H groups in total. The number of nitrogens with one attached hydrogen (secondary N) is 1. The van der Waals surface area contributed by atoms with E-state index in [0.717, 1.165) is 10.0 Å². The van der Waals surface area contributed by atoms with Gasteiger partial charge in [-0.1, -0.05) is 28.1 Å². The number of halogens is 1. The first kappa shape index (κ1) is 24.1. The van der Waals surface area contributed by atoms with Crippen LogP contribution in [0.5, 0.6) is 5.75 Å². The average Bonchev–Trinajstić information content (AvgIpc) is 2.82. The summed E-state index contributed by atoms with van der Waals surface area (Å²) in [5.74, 6) is -0.650. The van der Waals surface area contributed by atoms with Crippen molar-refractivity contribution in [3.8, 4) is 5.75 Å². The molecule has 34 heavy (non-hydrogen) atoms. The van der Waals surface area contributed by atoms with Gasteiger partial charge in [0.25, 0.3) is 17.7 Å². The van der Waals surface area contributed by atoms with Crippen molar-refractivity contribution in [3.63, 3.8) is 0 Å². The quantitative estimate of drug-likeness (QED) is 0.354. The van der Waals surface area contributed by atoms with Crippen LogP contribution in [0.25, 0.3) is 6.08 Å². The first-order valence-electron chi connectivity index (χ1n) is 10.6. The number of benzene rings is 2. The van der Waals surface area contributed by atoms with Crippen LogP contribution in [0.1, 0.15) is 11.1 Å². The number of amides is 3. The van der Waals surface area contributed by atoms with Gasteiger partial charge in [-0.3, -0.25) is 24.6 Å². The molecule has 176 valence electrons. The highest BCUT2D eigenvalue weighted by molar-refractivity contribution is 9.10. The Kier molecular flexibility index (Phi) is 7.40. The van der Waals surface area contributed by atoms with Gasteiger partial charge in [0.15, 0.2) is 11.7 Å². The van der Waals surface area contributed by atoms with Crippen molar-refractivity contribution >= 4 is 62.7 Å². The van der Waals surface area contributed by atoms with Gasteiger partial charge in [-0.15, -0.1) is 0 Å². The average molecular weight is 544 g/mol. The first-order valence-corrected chi connectivity index (χ1v) is 11.8. The number of thiocarbonyl (C=S) groups is 1. The molecular weight excluding hydrogens is 522 g/mol. The molecule has 2 aliphatic rings. The minimum atomic E-state index is -0.558. The van der Waals surface area contributed by atoms with Gasteiger partial charge in [0.1, 0.15) is 11.3 Å². The summed E-state index contributed by atoms with van der Waals surface area (Å²) in [5, 5.41) is 2.62. The number of hydrogen-bond acceptors (Lipinski definition) is 6. The smallest absolute Gasteiger partial charge is 0.270 e. The zero-order valence-corrected chi connectivity index (χ0v) is 20.8. The topological polar surface area (TPSA) is 88.2 Å². The number of ether oxygens (including phenoxy) is 2. The highest BCUT2D eigenvalue weighted by Crippen LogP contribution is 2.28. The Balaban J connectivity index is 1.47. The van der Waals surface area contributed by atoms with E-state index in [9.17, 15) is 14.4 Å². The van der Waals surface area contributed by atoms with E-state index in [2.05, 4.69) is 21.2 Å². The van der Waals surface area contributed by atoms with Crippen LogP contribution >= 0.6 is 28.1 Å². The molecule has 2 aliphatic heterocycles. The van der Waals surface area contributed by atoms with Crippen LogP contribution in [0.3, 0.4) is 0 Å². The summed E-state index contributed by atoms with van der Waals surface area (Å²) in [5.41, 5.74) is 2.02. The van der Waals surface area contributed by atoms with Crippen LogP contribution in [0, 0.1) is 6.92 Å². The molecule has 0 bridgehead atoms. The van der Waals surface area contributed by atoms with Gasteiger partial charge in [-0.25, -0.2) is 0 Å². The summed E-state index contributed by atoms with van der Waals surface area (Å²) in [7, 11) is 0. The van der Waals surface area contributed by atoms with Gasteiger partial charge in [0.05, 0.1) is 18.9 Å². The van der Waals surface area contributed by atoms with Crippen molar-refractivity contribution in [1.82, 2.24) is 10.2 Å². The molecular formula is C24H22BrN3O5S. The van der Waals surface area contributed by atoms with Crippen molar-refractivity contribution in [2.45, 2.75) is 6.92 Å². The van der Waals surface area contributed by atoms with Gasteiger partial charge >= 0.3 is 0 Å². The summed E-state index contributed by atoms with van der Waals surface area (Å²) in [6.07, 6.45) is 1.50. The highest BCUT2D eigenvalue weighted by Gasteiger charge is 2.35. The molecule has 2 aromatic rings. The molecule has 0 radical (unpaired) electrons. The summed E-state index contributed by atoms with van der Waals surface area (Å²) in [4.78, 5) is 41.0. The number of carbonyl (C=O) groups is 3. The van der Waals surface area contributed by atoms with Crippen molar-refractivity contribution in [2.75, 3.05) is 37.8 Å². The minimum Gasteiger partial charge on any atom is -0.484 e. The molecule has 3 amide bonds. The van der Waals surface area contributed by atoms with Crippen LogP contribution in [0.4, 0.5) is 5.69 Å². The normalized spacial score (nSPS) is 17.7. The molecule has 8 nitrogen and oxygen atoms in total. The Morgan fingerprint density at radius 3 is 2.56 bits per heavy atom. The molecule has 2 saturated heterocycles. The van der Waals surface area contributed by atoms with Crippen molar-refractivity contribution in [2.24, 2.45) is 0 Å². The zero-order valence-electron chi connectivity index (χ0n) is 18.4. The lowest BCUT2D eigenvalue weighted by Gasteiger charge is -2.30. The third kappa shape index (κ3) is 5.35. The summed E-state index contributed by atoms with van der Waals surface area (Å²) >= 11 is 8.67. The van der Waals surface area contributed by atoms with Gasteiger partial charge in [0, 0.05) is 17.6 Å². The Morgan fingerprint density at radius 1 is 1.18 bits per heavy atom. The third-order valence-electron chi connectivity index (χ3n) is 5.42. The summed E-state index contributed by atoms with van der Waals surface area (Å²) in [6, 6.07) is 12.2. The Hall–Kier alpha value is -3.08. The third-order valence-corrected chi connectivity index (χ3v) is 6.20. The van der Waals surface area contributed by atoms with Crippen LogP contribution in [-0.2, 0) is 19.1 Å². The maximum absolute atomic E-state index is 13.2. The largest absolute Gasteiger partial charge is 0.484 e. The molecule has 0 spiro atoms. The minimum absolute atomic E-state index is 0.0336. The lowest BCUT2D eigenvalue weighted by atomic mass is 10.1. The highest BCUT2D eigenvalue weighted by atomic mass is 79.9. The fourth-order valence-electron chi connectivity index (χ4n) is 3.62. The maximum Gasteiger partial charge on any atom is 0.270 e. The molecule has 0 saturated carbocycles. The van der Waals surface area contributed by atoms with E-state index in [0.29, 0.717) is 43.3 Å². The molecule has 2 aromatic carbocycles. The molecule has 0 unspecified atom stereocenters. The molecule has 4 rings (SSSR count). The molecule has 10 heteroatoms. The molecule has 0 atom stereocenters. The van der Waals surface area contributed by atoms with E-state index in [1.807, 2.05) is 13.0 Å². The van der Waals surface area contributed by atoms with E-state index in [-0.39, 0.29) is 23.2 Å². The Labute approximate surface area is 210 Å². The standard InChI is InChI=1S/C24H22BrN3O5S/c1-15-12-17(25)4-7-20(15)28-23(31)19(22(30)26-24(28)34)13-16-2-5-18(6-3-16)33-14-21(29)27-8-10-32-11-9-27/h2-7,12-13H,8-11,14H2,1H3,(H,26,30,34)/b19-13+. The van der Waals surface area contributed by atoms with Crippen LogP contribution < -0.4 is 15.0 Å². The second-order valence-electron chi connectivity index (χ2n) is 7.74. The lowest BCUT2D eigenvalue weighted by Crippen LogP contribution is -2.54. The number of hydrogen-bond donors (Lipinski definition) is 1. The fourth-order valence-corrected chi connectivity index (χ4v) is 4.37. The molecule has 0 aromatic heterocycles. The van der Waals surface area contributed by atoms with E-state index in [4.69, 9.17) is 21.7 Å². The number of morpholine rings is 1. The number of carbonyl (C=O) groups excluding carboxylic acids is 3. The van der Waals surface area contributed by atoms with Crippen LogP contribution in [-0.4, -0.2) is 60.6 Å². The van der Waals surface area contributed by atoms with Gasteiger partial charge in [0.2, 0.25) is 0 Å². The van der Waals surface area contributed by atoms with Crippen molar-refractivity contribution < 1.29 is 23.9 Å². The molecule has 2 heterocycles. The van der Waals surface area contributed by atoms with E-state index >= 15 is 0 Å². The maximum atomic E-state index is 13.2. The van der Waals surface area contributed by atoms with E-state index in [1.54, 1.807) is 41.3 Å². The number of aryl methyl sites for hydroxylation is 1. The number of anilines is 1. The van der Waals surface area contributed by atoms with Gasteiger partial charge < -0.3 is 14.4 Å². The van der Waals surface area contributed by atoms with Crippen LogP contribution in [0.15, 0.2) is 52.5 Å². The fraction of sp³-hybridized carbons (Fsp3) is 0.250. The van der Waals surface area contributed by atoms with Crippen molar-refractivity contribution in [1.29, 1.82) is 0 Å². The monoisotopic (exact) mass is 543 g/mol. The first-order chi connectivity index (χ1) is 16.3. The number of nitrogens with zero attached hydrogens (tertiary/aromatic N) is 2. The molecule has 2 fully saturated rings. The Bertz CT molecular complexity index is 1180. The predicted octanol–water partition coefficient (Wildman–Crippen LogP) is 2.83. The predicted molar refractivity (Wildman–Crippen MR) is 134 cm³/mol. The Morgan fingerprint density at radius 2 is 1.88 bits per heavy atom. The van der Waals surface area contributed by atoms with Crippen LogP contribution in [0.2, 0.25) is 0 Å². The summed E-state index contributed by atoms with van der Waals surface area (Å²) < 4.78 is 11.7. The SMILES string of the molecule is Cc1cc(Br)ccc1N1C(=O)/C(=C/c2ccc(OCC(=O)N3CCOCC3)cc2)C(=O)NC1=S.